The second kappa shape index (κ2) is 3.35. The van der Waals surface area contributed by atoms with E-state index in [1.165, 1.54) is 32.4 Å². The second-order valence-electron chi connectivity index (χ2n) is 4.19. The van der Waals surface area contributed by atoms with Gasteiger partial charge in [-0.2, -0.15) is 0 Å². The lowest BCUT2D eigenvalue weighted by molar-refractivity contribution is -0.0941. The Bertz CT molecular complexity index is 156. The fourth-order valence-electron chi connectivity index (χ4n) is 2.32. The highest BCUT2D eigenvalue weighted by molar-refractivity contribution is 4.86. The number of rotatable bonds is 1. The summed E-state index contributed by atoms with van der Waals surface area (Å²) in [6, 6.07) is 0.718. The number of hydrogen-bond acceptors (Lipinski definition) is 2. The highest BCUT2D eigenvalue weighted by atomic mass is 16.5. The molecule has 0 aromatic rings. The predicted molar refractivity (Wildman–Crippen MR) is 49.2 cm³/mol. The Morgan fingerprint density at radius 2 is 1.92 bits per heavy atom. The molecule has 0 bridgehead atoms. The van der Waals surface area contributed by atoms with Gasteiger partial charge < -0.3 is 4.74 Å². The summed E-state index contributed by atoms with van der Waals surface area (Å²) in [5.41, 5.74) is 0. The van der Waals surface area contributed by atoms with Crippen LogP contribution in [0.1, 0.15) is 33.1 Å². The van der Waals surface area contributed by atoms with Crippen LogP contribution in [0, 0.1) is 0 Å². The molecular formula is C10H19NO. The molecule has 2 nitrogen and oxygen atoms in total. The summed E-state index contributed by atoms with van der Waals surface area (Å²) in [6.07, 6.45) is 4.90. The lowest BCUT2D eigenvalue weighted by Gasteiger charge is -2.44. The van der Waals surface area contributed by atoms with Crippen LogP contribution in [0.3, 0.4) is 0 Å². The Labute approximate surface area is 74.9 Å². The topological polar surface area (TPSA) is 12.5 Å². The van der Waals surface area contributed by atoms with E-state index in [9.17, 15) is 0 Å². The van der Waals surface area contributed by atoms with Crippen LogP contribution in [0.5, 0.6) is 0 Å². The summed E-state index contributed by atoms with van der Waals surface area (Å²) >= 11 is 0. The Balaban J connectivity index is 1.88. The zero-order chi connectivity index (χ0) is 8.55. The Hall–Kier alpha value is -0.0800. The van der Waals surface area contributed by atoms with Crippen LogP contribution >= 0.6 is 0 Å². The van der Waals surface area contributed by atoms with Gasteiger partial charge in [0.15, 0.2) is 0 Å². The standard InChI is InChI=1S/C10H19NO/c1-8-4-5-10(9(2)12-8)11-6-3-7-11/h8-10H,3-7H2,1-2H3/t8-,9+,10-/m0/s1. The van der Waals surface area contributed by atoms with Gasteiger partial charge in [0.05, 0.1) is 12.2 Å². The van der Waals surface area contributed by atoms with Crippen LogP contribution in [-0.2, 0) is 4.74 Å². The fourth-order valence-corrected chi connectivity index (χ4v) is 2.32. The first-order valence-electron chi connectivity index (χ1n) is 5.17. The van der Waals surface area contributed by atoms with Crippen LogP contribution in [0.4, 0.5) is 0 Å². The molecule has 0 unspecified atom stereocenters. The van der Waals surface area contributed by atoms with Crippen LogP contribution in [0.2, 0.25) is 0 Å². The minimum atomic E-state index is 0.453. The molecule has 0 radical (unpaired) electrons. The van der Waals surface area contributed by atoms with Crippen LogP contribution < -0.4 is 0 Å². The Kier molecular flexibility index (Phi) is 2.37. The molecule has 12 heavy (non-hydrogen) atoms. The van der Waals surface area contributed by atoms with Crippen molar-refractivity contribution in [1.29, 1.82) is 0 Å². The predicted octanol–water partition coefficient (Wildman–Crippen LogP) is 1.65. The molecule has 0 aromatic carbocycles. The van der Waals surface area contributed by atoms with Crippen molar-refractivity contribution in [2.75, 3.05) is 13.1 Å². The van der Waals surface area contributed by atoms with Gasteiger partial charge in [-0.25, -0.2) is 0 Å². The summed E-state index contributed by atoms with van der Waals surface area (Å²) in [4.78, 5) is 2.57. The zero-order valence-corrected chi connectivity index (χ0v) is 8.12. The molecule has 2 aliphatic heterocycles. The third-order valence-corrected chi connectivity index (χ3v) is 3.22. The largest absolute Gasteiger partial charge is 0.374 e. The molecule has 2 saturated heterocycles. The molecule has 2 aliphatic rings. The van der Waals surface area contributed by atoms with Gasteiger partial charge in [0.25, 0.3) is 0 Å². The van der Waals surface area contributed by atoms with Crippen molar-refractivity contribution in [3.05, 3.63) is 0 Å². The van der Waals surface area contributed by atoms with E-state index in [1.54, 1.807) is 0 Å². The van der Waals surface area contributed by atoms with Crippen molar-refractivity contribution >= 4 is 0 Å². The normalized spacial score (nSPS) is 44.0. The number of hydrogen-bond donors (Lipinski definition) is 0. The van der Waals surface area contributed by atoms with E-state index in [4.69, 9.17) is 4.74 Å². The molecule has 3 atom stereocenters. The highest BCUT2D eigenvalue weighted by Crippen LogP contribution is 2.26. The van der Waals surface area contributed by atoms with E-state index in [2.05, 4.69) is 18.7 Å². The van der Waals surface area contributed by atoms with Gasteiger partial charge in [-0.05, 0) is 46.2 Å². The minimum absolute atomic E-state index is 0.453. The van der Waals surface area contributed by atoms with E-state index in [-0.39, 0.29) is 0 Å². The average molecular weight is 169 g/mol. The van der Waals surface area contributed by atoms with Gasteiger partial charge in [0, 0.05) is 6.04 Å². The molecule has 2 rings (SSSR count). The molecule has 2 fully saturated rings. The number of likely N-dealkylation sites (tertiary alicyclic amines) is 1. The van der Waals surface area contributed by atoms with Gasteiger partial charge >= 0.3 is 0 Å². The summed E-state index contributed by atoms with van der Waals surface area (Å²) in [5, 5.41) is 0. The molecule has 2 heteroatoms. The number of nitrogens with zero attached hydrogens (tertiary/aromatic N) is 1. The molecule has 0 aliphatic carbocycles. The monoisotopic (exact) mass is 169 g/mol. The third-order valence-electron chi connectivity index (χ3n) is 3.22. The van der Waals surface area contributed by atoms with Crippen molar-refractivity contribution in [2.45, 2.75) is 51.4 Å². The third kappa shape index (κ3) is 1.50. The van der Waals surface area contributed by atoms with Gasteiger partial charge in [0.1, 0.15) is 0 Å². The molecule has 0 amide bonds. The van der Waals surface area contributed by atoms with Crippen molar-refractivity contribution in [3.8, 4) is 0 Å². The van der Waals surface area contributed by atoms with E-state index < -0.39 is 0 Å². The van der Waals surface area contributed by atoms with E-state index >= 15 is 0 Å². The molecule has 0 saturated carbocycles. The summed E-state index contributed by atoms with van der Waals surface area (Å²) in [5.74, 6) is 0. The van der Waals surface area contributed by atoms with Crippen molar-refractivity contribution in [2.24, 2.45) is 0 Å². The Morgan fingerprint density at radius 3 is 2.42 bits per heavy atom. The SMILES string of the molecule is C[C@H]1CC[C@H](N2CCC2)[C@@H](C)O1. The first-order chi connectivity index (χ1) is 5.77. The van der Waals surface area contributed by atoms with Gasteiger partial charge in [-0.3, -0.25) is 4.90 Å². The maximum atomic E-state index is 5.81. The summed E-state index contributed by atoms with van der Waals surface area (Å²) < 4.78 is 5.81. The van der Waals surface area contributed by atoms with E-state index in [0.29, 0.717) is 12.2 Å². The van der Waals surface area contributed by atoms with Gasteiger partial charge in [0.2, 0.25) is 0 Å². The van der Waals surface area contributed by atoms with Crippen LogP contribution in [-0.4, -0.2) is 36.2 Å². The maximum absolute atomic E-state index is 5.81. The lowest BCUT2D eigenvalue weighted by atomic mass is 9.96. The minimum Gasteiger partial charge on any atom is -0.374 e. The number of ether oxygens (including phenoxy) is 1. The van der Waals surface area contributed by atoms with Crippen molar-refractivity contribution in [1.82, 2.24) is 4.90 Å². The highest BCUT2D eigenvalue weighted by Gasteiger charge is 2.32. The maximum Gasteiger partial charge on any atom is 0.0705 e. The molecule has 70 valence electrons. The fraction of sp³-hybridized carbons (Fsp3) is 1.00. The summed E-state index contributed by atoms with van der Waals surface area (Å²) in [7, 11) is 0. The van der Waals surface area contributed by atoms with Crippen LogP contribution in [0.15, 0.2) is 0 Å². The lowest BCUT2D eigenvalue weighted by Crippen LogP contribution is -2.53. The van der Waals surface area contributed by atoms with Crippen LogP contribution in [0.25, 0.3) is 0 Å². The van der Waals surface area contributed by atoms with Crippen molar-refractivity contribution < 1.29 is 4.74 Å². The zero-order valence-electron chi connectivity index (χ0n) is 8.12. The molecule has 2 heterocycles. The molecule has 0 spiro atoms. The van der Waals surface area contributed by atoms with E-state index in [0.717, 1.165) is 6.04 Å². The smallest absolute Gasteiger partial charge is 0.0705 e. The average Bonchev–Trinajstić information content (AvgIpc) is 1.91. The second-order valence-corrected chi connectivity index (χ2v) is 4.19. The van der Waals surface area contributed by atoms with Gasteiger partial charge in [-0.1, -0.05) is 0 Å². The van der Waals surface area contributed by atoms with Crippen molar-refractivity contribution in [3.63, 3.8) is 0 Å². The Morgan fingerprint density at radius 1 is 1.17 bits per heavy atom. The molecule has 0 N–H and O–H groups in total. The molecular weight excluding hydrogens is 150 g/mol. The quantitative estimate of drug-likeness (QED) is 0.592. The van der Waals surface area contributed by atoms with Gasteiger partial charge in [-0.15, -0.1) is 0 Å². The molecule has 0 aromatic heterocycles. The summed E-state index contributed by atoms with van der Waals surface area (Å²) in [6.45, 7) is 7.00. The first-order valence-corrected chi connectivity index (χ1v) is 5.17. The first kappa shape index (κ1) is 8.52. The van der Waals surface area contributed by atoms with E-state index in [1.807, 2.05) is 0 Å².